The van der Waals surface area contributed by atoms with Crippen LogP contribution in [-0.2, 0) is 4.79 Å². The van der Waals surface area contributed by atoms with Crippen LogP contribution in [0.3, 0.4) is 0 Å². The van der Waals surface area contributed by atoms with E-state index < -0.39 is 18.1 Å². The van der Waals surface area contributed by atoms with E-state index >= 15 is 0 Å². The van der Waals surface area contributed by atoms with Crippen LogP contribution in [0.4, 0.5) is 18.9 Å². The van der Waals surface area contributed by atoms with Crippen molar-refractivity contribution < 1.29 is 27.4 Å². The Labute approximate surface area is 145 Å². The SMILES string of the molecule is COc1ccc(OC)c(NC(=O)[C@H](C)N2CCC[C@@H](C(F)(F)F)C2)c1. The van der Waals surface area contributed by atoms with E-state index in [1.165, 1.54) is 14.2 Å². The quantitative estimate of drug-likeness (QED) is 0.875. The lowest BCUT2D eigenvalue weighted by Gasteiger charge is -2.36. The van der Waals surface area contributed by atoms with Gasteiger partial charge in [-0.2, -0.15) is 13.2 Å². The van der Waals surface area contributed by atoms with Gasteiger partial charge in [-0.15, -0.1) is 0 Å². The summed E-state index contributed by atoms with van der Waals surface area (Å²) < 4.78 is 49.2. The predicted octanol–water partition coefficient (Wildman–Crippen LogP) is 3.31. The van der Waals surface area contributed by atoms with Crippen LogP contribution in [0, 0.1) is 5.92 Å². The monoisotopic (exact) mass is 360 g/mol. The van der Waals surface area contributed by atoms with Crippen molar-refractivity contribution in [1.82, 2.24) is 4.90 Å². The molecule has 1 aliphatic heterocycles. The molecule has 2 atom stereocenters. The number of ether oxygens (including phenoxy) is 2. The van der Waals surface area contributed by atoms with E-state index in [9.17, 15) is 18.0 Å². The Bertz CT molecular complexity index is 607. The van der Waals surface area contributed by atoms with Crippen molar-refractivity contribution in [1.29, 1.82) is 0 Å². The van der Waals surface area contributed by atoms with Gasteiger partial charge in [-0.1, -0.05) is 0 Å². The molecule has 8 heteroatoms. The Morgan fingerprint density at radius 1 is 1.32 bits per heavy atom. The molecule has 25 heavy (non-hydrogen) atoms. The zero-order chi connectivity index (χ0) is 18.6. The molecule has 140 valence electrons. The minimum atomic E-state index is -4.23. The maximum atomic E-state index is 13.0. The summed E-state index contributed by atoms with van der Waals surface area (Å²) in [4.78, 5) is 14.1. The van der Waals surface area contributed by atoms with Crippen LogP contribution in [0.2, 0.25) is 0 Å². The number of likely N-dealkylation sites (tertiary alicyclic amines) is 1. The highest BCUT2D eigenvalue weighted by Crippen LogP contribution is 2.34. The van der Waals surface area contributed by atoms with Crippen LogP contribution in [0.25, 0.3) is 0 Å². The Balaban J connectivity index is 2.07. The van der Waals surface area contributed by atoms with E-state index in [0.717, 1.165) is 0 Å². The minimum absolute atomic E-state index is 0.109. The molecule has 0 spiro atoms. The largest absolute Gasteiger partial charge is 0.497 e. The number of nitrogens with zero attached hydrogens (tertiary/aromatic N) is 1. The third kappa shape index (κ3) is 4.78. The van der Waals surface area contributed by atoms with E-state index in [2.05, 4.69) is 5.32 Å². The molecular weight excluding hydrogens is 337 g/mol. The molecule has 1 aliphatic rings. The molecule has 0 radical (unpaired) electrons. The topological polar surface area (TPSA) is 50.8 Å². The number of benzene rings is 1. The smallest absolute Gasteiger partial charge is 0.393 e. The van der Waals surface area contributed by atoms with Crippen LogP contribution in [0.15, 0.2) is 18.2 Å². The van der Waals surface area contributed by atoms with E-state index in [4.69, 9.17) is 9.47 Å². The number of carbonyl (C=O) groups excluding carboxylic acids is 1. The summed E-state index contributed by atoms with van der Waals surface area (Å²) in [6.07, 6.45) is -3.70. The normalized spacial score (nSPS) is 20.0. The average molecular weight is 360 g/mol. The zero-order valence-electron chi connectivity index (χ0n) is 14.5. The standard InChI is InChI=1S/C17H23F3N2O3/c1-11(22-8-4-5-12(10-22)17(18,19)20)16(23)21-14-9-13(24-2)6-7-15(14)25-3/h6-7,9,11-12H,4-5,8,10H2,1-3H3,(H,21,23)/t11-,12+/m0/s1. The van der Waals surface area contributed by atoms with Gasteiger partial charge in [0, 0.05) is 12.6 Å². The van der Waals surface area contributed by atoms with Gasteiger partial charge in [-0.3, -0.25) is 9.69 Å². The number of methoxy groups -OCH3 is 2. The second-order valence-corrected chi connectivity index (χ2v) is 6.11. The molecule has 1 amide bonds. The summed E-state index contributed by atoms with van der Waals surface area (Å²) in [6.45, 7) is 1.92. The van der Waals surface area contributed by atoms with E-state index in [0.29, 0.717) is 30.2 Å². The van der Waals surface area contributed by atoms with Gasteiger partial charge < -0.3 is 14.8 Å². The Kier molecular flexibility index (Phi) is 6.16. The molecule has 1 heterocycles. The number of halogens is 3. The van der Waals surface area contributed by atoms with Gasteiger partial charge >= 0.3 is 6.18 Å². The first-order valence-corrected chi connectivity index (χ1v) is 8.10. The molecule has 0 aliphatic carbocycles. The summed E-state index contributed by atoms with van der Waals surface area (Å²) in [6, 6.07) is 4.27. The molecule has 0 bridgehead atoms. The Morgan fingerprint density at radius 3 is 2.64 bits per heavy atom. The van der Waals surface area contributed by atoms with Crippen molar-refractivity contribution >= 4 is 11.6 Å². The molecule has 1 saturated heterocycles. The van der Waals surface area contributed by atoms with Crippen molar-refractivity contribution in [3.8, 4) is 11.5 Å². The van der Waals surface area contributed by atoms with Crippen LogP contribution >= 0.6 is 0 Å². The predicted molar refractivity (Wildman–Crippen MR) is 88.0 cm³/mol. The van der Waals surface area contributed by atoms with Gasteiger partial charge in [0.25, 0.3) is 0 Å². The lowest BCUT2D eigenvalue weighted by molar-refractivity contribution is -0.188. The zero-order valence-corrected chi connectivity index (χ0v) is 14.5. The number of nitrogens with one attached hydrogen (secondary N) is 1. The maximum absolute atomic E-state index is 13.0. The highest BCUT2D eigenvalue weighted by molar-refractivity contribution is 5.96. The van der Waals surface area contributed by atoms with Gasteiger partial charge in [-0.25, -0.2) is 0 Å². The van der Waals surface area contributed by atoms with Crippen molar-refractivity contribution in [2.45, 2.75) is 32.0 Å². The number of piperidine rings is 1. The first-order valence-electron chi connectivity index (χ1n) is 8.10. The fourth-order valence-corrected chi connectivity index (χ4v) is 2.94. The first kappa shape index (κ1) is 19.4. The maximum Gasteiger partial charge on any atom is 0.393 e. The molecule has 0 aromatic heterocycles. The average Bonchev–Trinajstić information content (AvgIpc) is 2.60. The van der Waals surface area contributed by atoms with E-state index in [1.807, 2.05) is 0 Å². The highest BCUT2D eigenvalue weighted by atomic mass is 19.4. The van der Waals surface area contributed by atoms with Crippen molar-refractivity contribution in [2.75, 3.05) is 32.6 Å². The highest BCUT2D eigenvalue weighted by Gasteiger charge is 2.43. The fourth-order valence-electron chi connectivity index (χ4n) is 2.94. The molecule has 0 unspecified atom stereocenters. The summed E-state index contributed by atoms with van der Waals surface area (Å²) in [5, 5.41) is 2.72. The number of anilines is 1. The Hall–Kier alpha value is -1.96. The van der Waals surface area contributed by atoms with Crippen LogP contribution in [-0.4, -0.2) is 50.3 Å². The van der Waals surface area contributed by atoms with Crippen molar-refractivity contribution in [2.24, 2.45) is 5.92 Å². The van der Waals surface area contributed by atoms with Gasteiger partial charge in [0.05, 0.1) is 31.9 Å². The van der Waals surface area contributed by atoms with E-state index in [-0.39, 0.29) is 18.9 Å². The number of hydrogen-bond acceptors (Lipinski definition) is 4. The lowest BCUT2D eigenvalue weighted by atomic mass is 9.96. The lowest BCUT2D eigenvalue weighted by Crippen LogP contribution is -2.49. The summed E-state index contributed by atoms with van der Waals surface area (Å²) in [5.74, 6) is -0.774. The number of rotatable bonds is 5. The molecular formula is C17H23F3N2O3. The Morgan fingerprint density at radius 2 is 2.04 bits per heavy atom. The molecule has 1 fully saturated rings. The second-order valence-electron chi connectivity index (χ2n) is 6.11. The fraction of sp³-hybridized carbons (Fsp3) is 0.588. The number of alkyl halides is 3. The first-order chi connectivity index (χ1) is 11.8. The van der Waals surface area contributed by atoms with Crippen molar-refractivity contribution in [3.05, 3.63) is 18.2 Å². The third-order valence-electron chi connectivity index (χ3n) is 4.51. The molecule has 1 aromatic rings. The summed E-state index contributed by atoms with van der Waals surface area (Å²) in [7, 11) is 2.97. The molecule has 5 nitrogen and oxygen atoms in total. The van der Waals surface area contributed by atoms with Gasteiger partial charge in [-0.05, 0) is 38.4 Å². The number of carbonyl (C=O) groups is 1. The van der Waals surface area contributed by atoms with Gasteiger partial charge in [0.2, 0.25) is 5.91 Å². The third-order valence-corrected chi connectivity index (χ3v) is 4.51. The van der Waals surface area contributed by atoms with E-state index in [1.54, 1.807) is 30.0 Å². The van der Waals surface area contributed by atoms with Crippen LogP contribution in [0.5, 0.6) is 11.5 Å². The summed E-state index contributed by atoms with van der Waals surface area (Å²) >= 11 is 0. The van der Waals surface area contributed by atoms with Crippen LogP contribution < -0.4 is 14.8 Å². The van der Waals surface area contributed by atoms with Crippen LogP contribution in [0.1, 0.15) is 19.8 Å². The number of amides is 1. The molecule has 1 aromatic carbocycles. The number of hydrogen-bond donors (Lipinski definition) is 1. The molecule has 0 saturated carbocycles. The van der Waals surface area contributed by atoms with Crippen molar-refractivity contribution in [3.63, 3.8) is 0 Å². The van der Waals surface area contributed by atoms with Gasteiger partial charge in [0.1, 0.15) is 11.5 Å². The molecule has 2 rings (SSSR count). The van der Waals surface area contributed by atoms with Gasteiger partial charge in [0.15, 0.2) is 0 Å². The summed E-state index contributed by atoms with van der Waals surface area (Å²) in [5.41, 5.74) is 0.420. The second kappa shape index (κ2) is 7.95. The molecule has 1 N–H and O–H groups in total. The minimum Gasteiger partial charge on any atom is -0.497 e.